The normalized spacial score (nSPS) is 11.3. The molecule has 0 saturated carbocycles. The summed E-state index contributed by atoms with van der Waals surface area (Å²) in [5, 5.41) is 11.8. The van der Waals surface area contributed by atoms with Crippen LogP contribution in [0.5, 0.6) is 0 Å². The first kappa shape index (κ1) is 14.3. The van der Waals surface area contributed by atoms with Gasteiger partial charge in [0.15, 0.2) is 0 Å². The first-order valence-electron chi connectivity index (χ1n) is 5.48. The number of halogens is 1. The van der Waals surface area contributed by atoms with Crippen LogP contribution < -0.4 is 5.73 Å². The van der Waals surface area contributed by atoms with E-state index in [1.165, 1.54) is 4.90 Å². The number of hydrogen-bond donors (Lipinski definition) is 2. The Labute approximate surface area is 111 Å². The summed E-state index contributed by atoms with van der Waals surface area (Å²) in [6.07, 6.45) is 0.577. The lowest BCUT2D eigenvalue weighted by atomic mass is 10.1. The van der Waals surface area contributed by atoms with Gasteiger partial charge in [0.25, 0.3) is 0 Å². The minimum Gasteiger partial charge on any atom is -0.409 e. The van der Waals surface area contributed by atoms with Gasteiger partial charge in [-0.3, -0.25) is 4.79 Å². The quantitative estimate of drug-likeness (QED) is 0.368. The maximum Gasteiger partial charge on any atom is 0.226 e. The van der Waals surface area contributed by atoms with E-state index in [2.05, 4.69) is 5.16 Å². The van der Waals surface area contributed by atoms with E-state index in [1.54, 1.807) is 13.1 Å². The number of likely N-dealkylation sites (N-methyl/N-ethyl adjacent to an activating group) is 1. The van der Waals surface area contributed by atoms with Crippen molar-refractivity contribution >= 4 is 23.3 Å². The molecule has 0 bridgehead atoms. The Morgan fingerprint density at radius 3 is 2.78 bits per heavy atom. The molecule has 1 rings (SSSR count). The molecule has 0 spiro atoms. The van der Waals surface area contributed by atoms with Crippen LogP contribution in [0.4, 0.5) is 0 Å². The summed E-state index contributed by atoms with van der Waals surface area (Å²) >= 11 is 5.98. The molecule has 1 aromatic rings. The van der Waals surface area contributed by atoms with Crippen molar-refractivity contribution in [3.63, 3.8) is 0 Å². The van der Waals surface area contributed by atoms with E-state index in [0.717, 1.165) is 5.56 Å². The summed E-state index contributed by atoms with van der Waals surface area (Å²) in [6.45, 7) is 0.402. The summed E-state index contributed by atoms with van der Waals surface area (Å²) in [5.74, 6) is 0.0428. The molecule has 98 valence electrons. The van der Waals surface area contributed by atoms with E-state index in [1.807, 2.05) is 18.2 Å². The summed E-state index contributed by atoms with van der Waals surface area (Å²) in [4.78, 5) is 13.4. The van der Waals surface area contributed by atoms with Gasteiger partial charge < -0.3 is 15.8 Å². The Kier molecular flexibility index (Phi) is 5.45. The molecule has 0 saturated heterocycles. The molecule has 6 heteroatoms. The van der Waals surface area contributed by atoms with Gasteiger partial charge in [0.2, 0.25) is 5.91 Å². The van der Waals surface area contributed by atoms with Crippen molar-refractivity contribution in [1.29, 1.82) is 0 Å². The average molecular weight is 270 g/mol. The molecule has 0 heterocycles. The van der Waals surface area contributed by atoms with Crippen LogP contribution in [0.25, 0.3) is 0 Å². The number of hydrogen-bond acceptors (Lipinski definition) is 3. The number of rotatable bonds is 5. The highest BCUT2D eigenvalue weighted by molar-refractivity contribution is 6.31. The highest BCUT2D eigenvalue weighted by Gasteiger charge is 2.11. The Hall–Kier alpha value is -1.75. The number of carbonyl (C=O) groups excluding carboxylic acids is 1. The zero-order chi connectivity index (χ0) is 13.5. The van der Waals surface area contributed by atoms with Gasteiger partial charge >= 0.3 is 0 Å². The second kappa shape index (κ2) is 6.86. The Morgan fingerprint density at radius 1 is 1.50 bits per heavy atom. The van der Waals surface area contributed by atoms with Crippen molar-refractivity contribution in [2.45, 2.75) is 12.8 Å². The standard InChI is InChI=1S/C12H16ClN3O2/c1-16(7-6-11(14)15-18)12(17)8-9-4-2-3-5-10(9)13/h2-5,18H,6-8H2,1H3,(H2,14,15). The molecular formula is C12H16ClN3O2. The summed E-state index contributed by atoms with van der Waals surface area (Å²) in [6, 6.07) is 7.22. The predicted molar refractivity (Wildman–Crippen MR) is 70.8 cm³/mol. The zero-order valence-electron chi connectivity index (χ0n) is 10.1. The fourth-order valence-corrected chi connectivity index (χ4v) is 1.60. The number of amidine groups is 1. The van der Waals surface area contributed by atoms with Crippen LogP contribution in [0, 0.1) is 0 Å². The van der Waals surface area contributed by atoms with Gasteiger partial charge in [-0.2, -0.15) is 0 Å². The third kappa shape index (κ3) is 4.25. The van der Waals surface area contributed by atoms with Gasteiger partial charge in [0, 0.05) is 25.0 Å². The number of nitrogens with two attached hydrogens (primary N) is 1. The van der Waals surface area contributed by atoms with Crippen molar-refractivity contribution in [2.75, 3.05) is 13.6 Å². The van der Waals surface area contributed by atoms with Gasteiger partial charge in [0.1, 0.15) is 5.84 Å². The fraction of sp³-hybridized carbons (Fsp3) is 0.333. The third-order valence-corrected chi connectivity index (χ3v) is 2.93. The van der Waals surface area contributed by atoms with Crippen LogP contribution in [-0.4, -0.2) is 35.4 Å². The first-order chi connectivity index (χ1) is 8.54. The van der Waals surface area contributed by atoms with Gasteiger partial charge in [-0.25, -0.2) is 0 Å². The minimum atomic E-state index is -0.0613. The number of amides is 1. The summed E-state index contributed by atoms with van der Waals surface area (Å²) in [5.41, 5.74) is 6.13. The van der Waals surface area contributed by atoms with E-state index in [0.29, 0.717) is 18.0 Å². The topological polar surface area (TPSA) is 78.9 Å². The molecule has 0 aliphatic heterocycles. The third-order valence-electron chi connectivity index (χ3n) is 2.56. The number of carbonyl (C=O) groups is 1. The van der Waals surface area contributed by atoms with Gasteiger partial charge in [0.05, 0.1) is 6.42 Å². The smallest absolute Gasteiger partial charge is 0.226 e. The van der Waals surface area contributed by atoms with E-state index in [9.17, 15) is 4.79 Å². The average Bonchev–Trinajstić information content (AvgIpc) is 2.38. The maximum absolute atomic E-state index is 11.9. The molecule has 0 atom stereocenters. The zero-order valence-corrected chi connectivity index (χ0v) is 10.9. The van der Waals surface area contributed by atoms with Gasteiger partial charge in [-0.05, 0) is 11.6 Å². The first-order valence-corrected chi connectivity index (χ1v) is 5.86. The highest BCUT2D eigenvalue weighted by atomic mass is 35.5. The SMILES string of the molecule is CN(CC/C(N)=N/O)C(=O)Cc1ccccc1Cl. The monoisotopic (exact) mass is 269 g/mol. The molecule has 1 aromatic carbocycles. The van der Waals surface area contributed by atoms with Crippen LogP contribution in [0.1, 0.15) is 12.0 Å². The molecule has 5 nitrogen and oxygen atoms in total. The van der Waals surface area contributed by atoms with Crippen LogP contribution >= 0.6 is 11.6 Å². The van der Waals surface area contributed by atoms with Crippen molar-refractivity contribution in [2.24, 2.45) is 10.9 Å². The second-order valence-corrected chi connectivity index (χ2v) is 4.33. The fourth-order valence-electron chi connectivity index (χ4n) is 1.40. The molecule has 0 radical (unpaired) electrons. The largest absolute Gasteiger partial charge is 0.409 e. The highest BCUT2D eigenvalue weighted by Crippen LogP contribution is 2.15. The molecule has 0 fully saturated rings. The van der Waals surface area contributed by atoms with Crippen LogP contribution in [0.2, 0.25) is 5.02 Å². The van der Waals surface area contributed by atoms with E-state index >= 15 is 0 Å². The summed E-state index contributed by atoms with van der Waals surface area (Å²) < 4.78 is 0. The van der Waals surface area contributed by atoms with Crippen LogP contribution in [0.3, 0.4) is 0 Å². The van der Waals surface area contributed by atoms with E-state index < -0.39 is 0 Å². The summed E-state index contributed by atoms with van der Waals surface area (Å²) in [7, 11) is 1.67. The van der Waals surface area contributed by atoms with E-state index in [4.69, 9.17) is 22.5 Å². The Balaban J connectivity index is 2.53. The van der Waals surface area contributed by atoms with Crippen molar-refractivity contribution in [3.05, 3.63) is 34.9 Å². The number of benzene rings is 1. The van der Waals surface area contributed by atoms with Crippen molar-refractivity contribution in [3.8, 4) is 0 Å². The Bertz CT molecular complexity index is 449. The molecule has 1 amide bonds. The van der Waals surface area contributed by atoms with Crippen LogP contribution in [0.15, 0.2) is 29.4 Å². The second-order valence-electron chi connectivity index (χ2n) is 3.92. The maximum atomic E-state index is 11.9. The van der Waals surface area contributed by atoms with Crippen molar-refractivity contribution in [1.82, 2.24) is 4.90 Å². The molecule has 0 aliphatic carbocycles. The lowest BCUT2D eigenvalue weighted by molar-refractivity contribution is -0.129. The molecular weight excluding hydrogens is 254 g/mol. The lowest BCUT2D eigenvalue weighted by Gasteiger charge is -2.17. The van der Waals surface area contributed by atoms with Gasteiger partial charge in [-0.15, -0.1) is 0 Å². The molecule has 0 unspecified atom stereocenters. The van der Waals surface area contributed by atoms with Gasteiger partial charge in [-0.1, -0.05) is 35.0 Å². The minimum absolute atomic E-state index is 0.0613. The lowest BCUT2D eigenvalue weighted by Crippen LogP contribution is -2.31. The van der Waals surface area contributed by atoms with Crippen molar-refractivity contribution < 1.29 is 10.0 Å². The molecule has 0 aromatic heterocycles. The predicted octanol–water partition coefficient (Wildman–Crippen LogP) is 1.48. The number of nitrogens with zero attached hydrogens (tertiary/aromatic N) is 2. The Morgan fingerprint density at radius 2 is 2.17 bits per heavy atom. The van der Waals surface area contributed by atoms with Crippen LogP contribution in [-0.2, 0) is 11.2 Å². The van der Waals surface area contributed by atoms with E-state index in [-0.39, 0.29) is 18.2 Å². The molecule has 18 heavy (non-hydrogen) atoms. The number of oxime groups is 1. The molecule has 0 aliphatic rings. The molecule has 3 N–H and O–H groups in total.